The molecule has 1 N–H and O–H groups in total. The third-order valence-electron chi connectivity index (χ3n) is 2.48. The van der Waals surface area contributed by atoms with Gasteiger partial charge < -0.3 is 0 Å². The molecular formula is C12H13Cl2N5O. The molecule has 0 radical (unpaired) electrons. The van der Waals surface area contributed by atoms with Gasteiger partial charge >= 0.3 is 0 Å². The average molecular weight is 314 g/mol. The largest absolute Gasteiger partial charge is 0.279 e. The lowest BCUT2D eigenvalue weighted by Crippen LogP contribution is -2.10. The molecule has 8 heteroatoms. The lowest BCUT2D eigenvalue weighted by Gasteiger charge is -2.09. The van der Waals surface area contributed by atoms with Crippen molar-refractivity contribution in [2.24, 2.45) is 7.05 Å². The molecule has 6 nitrogen and oxygen atoms in total. The van der Waals surface area contributed by atoms with E-state index in [1.165, 1.54) is 11.9 Å². The van der Waals surface area contributed by atoms with Gasteiger partial charge in [0.15, 0.2) is 5.82 Å². The van der Waals surface area contributed by atoms with Crippen LogP contribution in [0.2, 0.25) is 10.0 Å². The summed E-state index contributed by atoms with van der Waals surface area (Å²) in [7, 11) is 3.25. The smallest absolute Gasteiger partial charge is 0.178 e. The summed E-state index contributed by atoms with van der Waals surface area (Å²) in [5, 5.41) is 12.8. The molecule has 0 spiro atoms. The Morgan fingerprint density at radius 1 is 1.40 bits per heavy atom. The van der Waals surface area contributed by atoms with Crippen LogP contribution in [-0.2, 0) is 18.3 Å². The maximum Gasteiger partial charge on any atom is 0.178 e. The summed E-state index contributed by atoms with van der Waals surface area (Å²) >= 11 is 11.9. The topological polar surface area (TPSA) is 64.9 Å². The molecule has 20 heavy (non-hydrogen) atoms. The predicted molar refractivity (Wildman–Crippen MR) is 77.1 cm³/mol. The highest BCUT2D eigenvalue weighted by molar-refractivity contribution is 6.42. The summed E-state index contributed by atoms with van der Waals surface area (Å²) in [5.41, 5.74) is 4.40. The van der Waals surface area contributed by atoms with E-state index in [2.05, 4.69) is 20.9 Å². The van der Waals surface area contributed by atoms with Crippen LogP contribution in [0.4, 0.5) is 0 Å². The molecule has 0 aliphatic heterocycles. The quantitative estimate of drug-likeness (QED) is 0.858. The molecule has 0 unspecified atom stereocenters. The Balaban J connectivity index is 2.23. The number of nitrogens with zero attached hydrogens (tertiary/aromatic N) is 4. The molecule has 106 valence electrons. The van der Waals surface area contributed by atoms with Crippen molar-refractivity contribution in [3.63, 3.8) is 0 Å². The standard InChI is InChI=1S/C12H13Cl2N5O/c1-19-16-12(15-18-19)6-5-11(17-20-2)8-3-4-9(13)10(14)7-8/h3-5,7,17H,6H2,1-2H3/b11-5-. The van der Waals surface area contributed by atoms with Crippen LogP contribution in [0.3, 0.4) is 0 Å². The van der Waals surface area contributed by atoms with E-state index >= 15 is 0 Å². The Morgan fingerprint density at radius 2 is 2.20 bits per heavy atom. The summed E-state index contributed by atoms with van der Waals surface area (Å²) in [6, 6.07) is 5.33. The molecule has 0 atom stereocenters. The van der Waals surface area contributed by atoms with Gasteiger partial charge in [-0.3, -0.25) is 10.3 Å². The molecule has 1 heterocycles. The van der Waals surface area contributed by atoms with Crippen LogP contribution in [0.15, 0.2) is 24.3 Å². The van der Waals surface area contributed by atoms with E-state index in [-0.39, 0.29) is 0 Å². The van der Waals surface area contributed by atoms with Crippen LogP contribution in [0.1, 0.15) is 11.4 Å². The first-order chi connectivity index (χ1) is 9.60. The SMILES string of the molecule is CON/C(=C\Cc1nnn(C)n1)c1ccc(Cl)c(Cl)c1. The number of aromatic nitrogens is 4. The number of nitrogens with one attached hydrogen (secondary N) is 1. The Morgan fingerprint density at radius 3 is 2.80 bits per heavy atom. The third-order valence-corrected chi connectivity index (χ3v) is 3.22. The highest BCUT2D eigenvalue weighted by Gasteiger charge is 2.06. The van der Waals surface area contributed by atoms with Gasteiger partial charge in [-0.1, -0.05) is 35.3 Å². The highest BCUT2D eigenvalue weighted by atomic mass is 35.5. The first-order valence-electron chi connectivity index (χ1n) is 5.77. The molecule has 0 amide bonds. The van der Waals surface area contributed by atoms with Crippen molar-refractivity contribution in [2.45, 2.75) is 6.42 Å². The van der Waals surface area contributed by atoms with Gasteiger partial charge in [-0.25, -0.2) is 0 Å². The third kappa shape index (κ3) is 3.69. The fourth-order valence-corrected chi connectivity index (χ4v) is 1.89. The Bertz CT molecular complexity index is 626. The fraction of sp³-hybridized carbons (Fsp3) is 0.250. The molecule has 2 rings (SSSR count). The normalized spacial score (nSPS) is 11.7. The Kier molecular flexibility index (Phi) is 4.94. The van der Waals surface area contributed by atoms with E-state index in [1.54, 1.807) is 19.2 Å². The lowest BCUT2D eigenvalue weighted by atomic mass is 10.1. The second-order valence-corrected chi connectivity index (χ2v) is 4.77. The number of rotatable bonds is 5. The number of hydrogen-bond acceptors (Lipinski definition) is 5. The lowest BCUT2D eigenvalue weighted by molar-refractivity contribution is 0.136. The molecule has 1 aromatic carbocycles. The number of hydroxylamine groups is 1. The summed E-state index contributed by atoms with van der Waals surface area (Å²) in [6.45, 7) is 0. The van der Waals surface area contributed by atoms with E-state index in [1.807, 2.05) is 12.1 Å². The van der Waals surface area contributed by atoms with Crippen molar-refractivity contribution in [1.29, 1.82) is 0 Å². The average Bonchev–Trinajstić information content (AvgIpc) is 2.84. The van der Waals surface area contributed by atoms with Gasteiger partial charge in [-0.05, 0) is 17.3 Å². The summed E-state index contributed by atoms with van der Waals surface area (Å²) in [4.78, 5) is 6.37. The molecule has 2 aromatic rings. The van der Waals surface area contributed by atoms with Crippen molar-refractivity contribution in [3.05, 3.63) is 45.7 Å². The number of allylic oxidation sites excluding steroid dienone is 1. The zero-order chi connectivity index (χ0) is 14.5. The minimum Gasteiger partial charge on any atom is -0.279 e. The second kappa shape index (κ2) is 6.69. The van der Waals surface area contributed by atoms with E-state index in [0.717, 1.165) is 11.3 Å². The van der Waals surface area contributed by atoms with Crippen molar-refractivity contribution >= 4 is 28.9 Å². The van der Waals surface area contributed by atoms with Crippen molar-refractivity contribution < 1.29 is 4.84 Å². The van der Waals surface area contributed by atoms with Gasteiger partial charge in [-0.2, -0.15) is 4.80 Å². The molecular weight excluding hydrogens is 301 g/mol. The zero-order valence-corrected chi connectivity index (χ0v) is 12.5. The van der Waals surface area contributed by atoms with Crippen LogP contribution in [0, 0.1) is 0 Å². The van der Waals surface area contributed by atoms with Crippen LogP contribution in [0.25, 0.3) is 5.70 Å². The predicted octanol–water partition coefficient (Wildman–Crippen LogP) is 2.25. The van der Waals surface area contributed by atoms with E-state index in [0.29, 0.717) is 22.3 Å². The first-order valence-corrected chi connectivity index (χ1v) is 6.53. The van der Waals surface area contributed by atoms with Gasteiger partial charge in [0, 0.05) is 12.0 Å². The molecule has 0 aliphatic carbocycles. The number of tetrazole rings is 1. The van der Waals surface area contributed by atoms with Gasteiger partial charge in [0.25, 0.3) is 0 Å². The number of aryl methyl sites for hydroxylation is 1. The minimum absolute atomic E-state index is 0.477. The Hall–Kier alpha value is -1.63. The molecule has 0 aliphatic rings. The van der Waals surface area contributed by atoms with E-state index < -0.39 is 0 Å². The molecule has 0 saturated heterocycles. The molecule has 0 fully saturated rings. The van der Waals surface area contributed by atoms with Crippen molar-refractivity contribution in [1.82, 2.24) is 25.7 Å². The minimum atomic E-state index is 0.477. The molecule has 1 aromatic heterocycles. The summed E-state index contributed by atoms with van der Waals surface area (Å²) in [6.07, 6.45) is 2.40. The van der Waals surface area contributed by atoms with Gasteiger partial charge in [-0.15, -0.1) is 10.2 Å². The maximum absolute atomic E-state index is 6.01. The number of hydrogen-bond donors (Lipinski definition) is 1. The Labute approximate surface area is 126 Å². The van der Waals surface area contributed by atoms with Crippen molar-refractivity contribution in [2.75, 3.05) is 7.11 Å². The highest BCUT2D eigenvalue weighted by Crippen LogP contribution is 2.25. The van der Waals surface area contributed by atoms with Crippen LogP contribution >= 0.6 is 23.2 Å². The number of halogens is 2. The zero-order valence-electron chi connectivity index (χ0n) is 11.0. The molecule has 0 bridgehead atoms. The van der Waals surface area contributed by atoms with E-state index in [4.69, 9.17) is 28.0 Å². The number of benzene rings is 1. The summed E-state index contributed by atoms with van der Waals surface area (Å²) < 4.78 is 0. The monoisotopic (exact) mass is 313 g/mol. The van der Waals surface area contributed by atoms with Crippen LogP contribution in [-0.4, -0.2) is 27.3 Å². The maximum atomic E-state index is 6.01. The van der Waals surface area contributed by atoms with Gasteiger partial charge in [0.1, 0.15) is 0 Å². The van der Waals surface area contributed by atoms with Crippen molar-refractivity contribution in [3.8, 4) is 0 Å². The van der Waals surface area contributed by atoms with Gasteiger partial charge in [0.2, 0.25) is 0 Å². The van der Waals surface area contributed by atoms with Gasteiger partial charge in [0.05, 0.1) is 29.9 Å². The van der Waals surface area contributed by atoms with Crippen LogP contribution in [0.5, 0.6) is 0 Å². The van der Waals surface area contributed by atoms with E-state index in [9.17, 15) is 0 Å². The summed E-state index contributed by atoms with van der Waals surface area (Å²) in [5.74, 6) is 0.614. The molecule has 0 saturated carbocycles. The fourth-order valence-electron chi connectivity index (χ4n) is 1.59. The second-order valence-electron chi connectivity index (χ2n) is 3.95. The first kappa shape index (κ1) is 14.8. The van der Waals surface area contributed by atoms with Crippen LogP contribution < -0.4 is 5.48 Å².